The van der Waals surface area contributed by atoms with Gasteiger partial charge in [0.25, 0.3) is 0 Å². The Morgan fingerprint density at radius 2 is 2.10 bits per heavy atom. The van der Waals surface area contributed by atoms with Gasteiger partial charge in [0, 0.05) is 29.7 Å². The van der Waals surface area contributed by atoms with Crippen molar-refractivity contribution in [3.05, 3.63) is 29.3 Å². The smallest absolute Gasteiger partial charge is 0.123 e. The van der Waals surface area contributed by atoms with E-state index < -0.39 is 0 Å². The molecule has 1 rings (SSSR count). The molecule has 0 saturated carbocycles. The van der Waals surface area contributed by atoms with Gasteiger partial charge in [-0.15, -0.1) is 0 Å². The van der Waals surface area contributed by atoms with Gasteiger partial charge in [-0.1, -0.05) is 24.6 Å². The lowest BCUT2D eigenvalue weighted by atomic mass is 10.0. The van der Waals surface area contributed by atoms with Crippen LogP contribution in [0.2, 0.25) is 0 Å². The average Bonchev–Trinajstić information content (AvgIpc) is 2.42. The molecule has 0 aromatic heterocycles. The predicted octanol–water partition coefficient (Wildman–Crippen LogP) is 2.95. The van der Waals surface area contributed by atoms with E-state index in [2.05, 4.69) is 56.4 Å². The Bertz CT molecular complexity index is 396. The predicted molar refractivity (Wildman–Crippen MR) is 90.0 cm³/mol. The molecule has 0 aliphatic heterocycles. The molecular formula is C16H28N2OS. The molecule has 4 heteroatoms. The molecule has 3 nitrogen and oxygen atoms in total. The fourth-order valence-electron chi connectivity index (χ4n) is 2.08. The van der Waals surface area contributed by atoms with E-state index in [0.29, 0.717) is 6.04 Å². The molecule has 0 radical (unpaired) electrons. The number of methoxy groups -OCH3 is 1. The van der Waals surface area contributed by atoms with E-state index in [0.717, 1.165) is 30.3 Å². The van der Waals surface area contributed by atoms with Crippen molar-refractivity contribution in [1.82, 2.24) is 10.2 Å². The van der Waals surface area contributed by atoms with E-state index in [1.807, 2.05) is 11.8 Å². The molecule has 1 N–H and O–H groups in total. The summed E-state index contributed by atoms with van der Waals surface area (Å²) in [5.41, 5.74) is 2.55. The van der Waals surface area contributed by atoms with Crippen molar-refractivity contribution in [2.24, 2.45) is 0 Å². The fourth-order valence-corrected chi connectivity index (χ4v) is 3.27. The molecule has 0 heterocycles. The minimum absolute atomic E-state index is 0.349. The van der Waals surface area contributed by atoms with Crippen molar-refractivity contribution >= 4 is 11.8 Å². The number of hydrogen-bond acceptors (Lipinski definition) is 4. The van der Waals surface area contributed by atoms with Crippen molar-refractivity contribution < 1.29 is 4.74 Å². The number of ether oxygens (including phenoxy) is 1. The molecule has 1 atom stereocenters. The van der Waals surface area contributed by atoms with E-state index in [1.165, 1.54) is 11.1 Å². The molecule has 0 spiro atoms. The minimum atomic E-state index is 0.349. The van der Waals surface area contributed by atoms with Gasteiger partial charge < -0.3 is 15.0 Å². The molecule has 0 bridgehead atoms. The van der Waals surface area contributed by atoms with Gasteiger partial charge >= 0.3 is 0 Å². The van der Waals surface area contributed by atoms with Crippen molar-refractivity contribution in [3.63, 3.8) is 0 Å². The van der Waals surface area contributed by atoms with Crippen molar-refractivity contribution in [2.45, 2.75) is 19.9 Å². The summed E-state index contributed by atoms with van der Waals surface area (Å²) in [6.45, 7) is 6.37. The van der Waals surface area contributed by atoms with Gasteiger partial charge in [-0.2, -0.15) is 11.8 Å². The first-order valence-electron chi connectivity index (χ1n) is 7.18. The minimum Gasteiger partial charge on any atom is -0.496 e. The van der Waals surface area contributed by atoms with Crippen LogP contribution in [0.3, 0.4) is 0 Å². The van der Waals surface area contributed by atoms with Crippen LogP contribution in [-0.4, -0.2) is 50.7 Å². The summed E-state index contributed by atoms with van der Waals surface area (Å²) in [4.78, 5) is 2.22. The maximum absolute atomic E-state index is 5.51. The zero-order chi connectivity index (χ0) is 15.0. The summed E-state index contributed by atoms with van der Waals surface area (Å²) in [5.74, 6) is 3.21. The molecule has 0 saturated heterocycles. The van der Waals surface area contributed by atoms with Gasteiger partial charge in [-0.25, -0.2) is 0 Å². The highest BCUT2D eigenvalue weighted by Gasteiger charge is 2.15. The van der Waals surface area contributed by atoms with Crippen LogP contribution in [0.1, 0.15) is 24.1 Å². The Morgan fingerprint density at radius 1 is 1.35 bits per heavy atom. The largest absolute Gasteiger partial charge is 0.496 e. The number of aryl methyl sites for hydroxylation is 1. The SMILES string of the molecule is CCNC(CSCCN(C)C)c1cc(C)ccc1OC. The van der Waals surface area contributed by atoms with Gasteiger partial charge in [0.05, 0.1) is 7.11 Å². The van der Waals surface area contributed by atoms with Crippen LogP contribution in [0.25, 0.3) is 0 Å². The van der Waals surface area contributed by atoms with Crippen LogP contribution in [0, 0.1) is 6.92 Å². The molecule has 0 amide bonds. The number of nitrogens with zero attached hydrogens (tertiary/aromatic N) is 1. The highest BCUT2D eigenvalue weighted by Crippen LogP contribution is 2.28. The van der Waals surface area contributed by atoms with Gasteiger partial charge in [-0.3, -0.25) is 0 Å². The highest BCUT2D eigenvalue weighted by molar-refractivity contribution is 7.99. The third kappa shape index (κ3) is 5.73. The summed E-state index contributed by atoms with van der Waals surface area (Å²) in [5, 5.41) is 3.57. The van der Waals surface area contributed by atoms with Crippen molar-refractivity contribution in [3.8, 4) is 5.75 Å². The Labute approximate surface area is 128 Å². The molecule has 0 fully saturated rings. The average molecular weight is 296 g/mol. The van der Waals surface area contributed by atoms with Gasteiger partial charge in [-0.05, 0) is 33.6 Å². The monoisotopic (exact) mass is 296 g/mol. The van der Waals surface area contributed by atoms with E-state index in [-0.39, 0.29) is 0 Å². The molecule has 114 valence electrons. The Morgan fingerprint density at radius 3 is 2.70 bits per heavy atom. The molecule has 0 aliphatic carbocycles. The highest BCUT2D eigenvalue weighted by atomic mass is 32.2. The maximum atomic E-state index is 5.51. The molecule has 1 unspecified atom stereocenters. The lowest BCUT2D eigenvalue weighted by molar-refractivity contribution is 0.402. The number of thioether (sulfide) groups is 1. The first kappa shape index (κ1) is 17.3. The number of nitrogens with one attached hydrogen (secondary N) is 1. The summed E-state index contributed by atoms with van der Waals surface area (Å²) >= 11 is 1.99. The number of rotatable bonds is 9. The first-order valence-corrected chi connectivity index (χ1v) is 8.34. The molecule has 20 heavy (non-hydrogen) atoms. The van der Waals surface area contributed by atoms with Crippen molar-refractivity contribution in [1.29, 1.82) is 0 Å². The Hall–Kier alpha value is -0.710. The lowest BCUT2D eigenvalue weighted by Crippen LogP contribution is -2.24. The summed E-state index contributed by atoms with van der Waals surface area (Å²) < 4.78 is 5.51. The lowest BCUT2D eigenvalue weighted by Gasteiger charge is -2.21. The van der Waals surface area contributed by atoms with Crippen LogP contribution in [0.5, 0.6) is 5.75 Å². The zero-order valence-electron chi connectivity index (χ0n) is 13.4. The van der Waals surface area contributed by atoms with Gasteiger partial charge in [0.15, 0.2) is 0 Å². The van der Waals surface area contributed by atoms with Gasteiger partial charge in [0.2, 0.25) is 0 Å². The van der Waals surface area contributed by atoms with Crippen LogP contribution >= 0.6 is 11.8 Å². The summed E-state index contributed by atoms with van der Waals surface area (Å²) in [6.07, 6.45) is 0. The zero-order valence-corrected chi connectivity index (χ0v) is 14.2. The fraction of sp³-hybridized carbons (Fsp3) is 0.625. The summed E-state index contributed by atoms with van der Waals surface area (Å²) in [6, 6.07) is 6.75. The second kappa shape index (κ2) is 9.27. The van der Waals surface area contributed by atoms with E-state index in [4.69, 9.17) is 4.74 Å². The first-order chi connectivity index (χ1) is 9.58. The second-order valence-corrected chi connectivity index (χ2v) is 6.38. The molecular weight excluding hydrogens is 268 g/mol. The normalized spacial score (nSPS) is 12.7. The third-order valence-corrected chi connectivity index (χ3v) is 4.22. The van der Waals surface area contributed by atoms with E-state index in [9.17, 15) is 0 Å². The maximum Gasteiger partial charge on any atom is 0.123 e. The standard InChI is InChI=1S/C16H28N2OS/c1-6-17-15(12-20-10-9-18(3)4)14-11-13(2)7-8-16(14)19-5/h7-8,11,15,17H,6,9-10,12H2,1-5H3. The van der Waals surface area contributed by atoms with E-state index >= 15 is 0 Å². The van der Waals surface area contributed by atoms with Crippen LogP contribution in [0.15, 0.2) is 18.2 Å². The number of hydrogen-bond donors (Lipinski definition) is 1. The summed E-state index contributed by atoms with van der Waals surface area (Å²) in [7, 11) is 5.98. The second-order valence-electron chi connectivity index (χ2n) is 5.23. The third-order valence-electron chi connectivity index (χ3n) is 3.18. The van der Waals surface area contributed by atoms with Gasteiger partial charge in [0.1, 0.15) is 5.75 Å². The topological polar surface area (TPSA) is 24.5 Å². The molecule has 1 aromatic carbocycles. The molecule has 1 aromatic rings. The van der Waals surface area contributed by atoms with Crippen LogP contribution < -0.4 is 10.1 Å². The quantitative estimate of drug-likeness (QED) is 0.708. The molecule has 0 aliphatic rings. The Kier molecular flexibility index (Phi) is 8.04. The van der Waals surface area contributed by atoms with Crippen LogP contribution in [0.4, 0.5) is 0 Å². The van der Waals surface area contributed by atoms with E-state index in [1.54, 1.807) is 7.11 Å². The Balaban J connectivity index is 2.71. The van der Waals surface area contributed by atoms with Crippen molar-refractivity contribution in [2.75, 3.05) is 45.8 Å². The van der Waals surface area contributed by atoms with Crippen LogP contribution in [-0.2, 0) is 0 Å². The number of benzene rings is 1.